The molecule has 0 saturated carbocycles. The largest absolute Gasteiger partial charge is 0.468 e. The number of carbonyl (C=O) groups is 1. The van der Waals surface area contributed by atoms with Crippen LogP contribution in [0.4, 0.5) is 10.1 Å². The third-order valence-electron chi connectivity index (χ3n) is 3.12. The summed E-state index contributed by atoms with van der Waals surface area (Å²) in [5.41, 5.74) is 5.36. The molecule has 1 aromatic rings. The molecule has 116 valence electrons. The number of anilines is 1. The number of nitrogen functional groups attached to an aromatic ring is 1. The minimum Gasteiger partial charge on any atom is -0.468 e. The number of rotatable bonds is 3. The molecule has 1 atom stereocenters. The molecule has 1 saturated heterocycles. The van der Waals surface area contributed by atoms with Crippen molar-refractivity contribution in [3.05, 3.63) is 24.0 Å². The highest BCUT2D eigenvalue weighted by atomic mass is 32.2. The van der Waals surface area contributed by atoms with Crippen molar-refractivity contribution in [3.63, 3.8) is 0 Å². The molecular formula is C12H15FN2O5S. The number of nitrogens with two attached hydrogens (primary N) is 1. The zero-order valence-electron chi connectivity index (χ0n) is 11.3. The maximum atomic E-state index is 13.9. The molecule has 0 spiro atoms. The van der Waals surface area contributed by atoms with Crippen molar-refractivity contribution >= 4 is 21.7 Å². The Morgan fingerprint density at radius 2 is 2.24 bits per heavy atom. The van der Waals surface area contributed by atoms with E-state index in [1.165, 1.54) is 12.1 Å². The van der Waals surface area contributed by atoms with E-state index in [0.29, 0.717) is 0 Å². The van der Waals surface area contributed by atoms with Gasteiger partial charge in [-0.25, -0.2) is 12.8 Å². The molecule has 1 unspecified atom stereocenters. The number of halogens is 1. The van der Waals surface area contributed by atoms with Gasteiger partial charge in [-0.3, -0.25) is 4.79 Å². The van der Waals surface area contributed by atoms with Crippen molar-refractivity contribution in [2.45, 2.75) is 10.9 Å². The molecule has 2 rings (SSSR count). The second-order valence-electron chi connectivity index (χ2n) is 4.39. The van der Waals surface area contributed by atoms with Crippen LogP contribution in [0.1, 0.15) is 0 Å². The quantitative estimate of drug-likeness (QED) is 0.621. The van der Waals surface area contributed by atoms with E-state index < -0.39 is 32.7 Å². The van der Waals surface area contributed by atoms with Gasteiger partial charge < -0.3 is 15.2 Å². The minimum atomic E-state index is -4.28. The summed E-state index contributed by atoms with van der Waals surface area (Å²) in [6.45, 7) is -0.142. The fourth-order valence-electron chi connectivity index (χ4n) is 2.11. The highest BCUT2D eigenvalue weighted by Gasteiger charge is 2.40. The Morgan fingerprint density at radius 3 is 2.86 bits per heavy atom. The van der Waals surface area contributed by atoms with Crippen LogP contribution in [0, 0.1) is 5.82 Å². The van der Waals surface area contributed by atoms with Crippen molar-refractivity contribution in [1.82, 2.24) is 4.31 Å². The van der Waals surface area contributed by atoms with Gasteiger partial charge in [-0.1, -0.05) is 6.07 Å². The van der Waals surface area contributed by atoms with Crippen LogP contribution in [0.15, 0.2) is 23.1 Å². The van der Waals surface area contributed by atoms with Gasteiger partial charge in [0.25, 0.3) is 0 Å². The van der Waals surface area contributed by atoms with Crippen LogP contribution in [0.2, 0.25) is 0 Å². The summed E-state index contributed by atoms with van der Waals surface area (Å²) in [6.07, 6.45) is 0. The molecule has 0 aliphatic carbocycles. The minimum absolute atomic E-state index is 0.0874. The van der Waals surface area contributed by atoms with Gasteiger partial charge in [0.15, 0.2) is 0 Å². The number of ether oxygens (including phenoxy) is 2. The number of methoxy groups -OCH3 is 1. The number of nitrogens with zero attached hydrogens (tertiary/aromatic N) is 1. The predicted molar refractivity (Wildman–Crippen MR) is 71.3 cm³/mol. The summed E-state index contributed by atoms with van der Waals surface area (Å²) in [4.78, 5) is 11.1. The lowest BCUT2D eigenvalue weighted by Gasteiger charge is -2.32. The van der Waals surface area contributed by atoms with Crippen molar-refractivity contribution in [1.29, 1.82) is 0 Å². The van der Waals surface area contributed by atoms with Crippen LogP contribution < -0.4 is 5.73 Å². The van der Waals surface area contributed by atoms with Crippen molar-refractivity contribution < 1.29 is 27.1 Å². The lowest BCUT2D eigenvalue weighted by Crippen LogP contribution is -2.53. The zero-order chi connectivity index (χ0) is 15.6. The standard InChI is InChI=1S/C12H15FN2O5S/c1-19-12(16)10-7-20-6-5-15(10)21(17,18)11-8(13)3-2-4-9(11)14/h2-4,10H,5-7,14H2,1H3. The smallest absolute Gasteiger partial charge is 0.326 e. The summed E-state index contributed by atoms with van der Waals surface area (Å²) in [6, 6.07) is 2.43. The summed E-state index contributed by atoms with van der Waals surface area (Å²) in [5.74, 6) is -1.74. The Bertz CT molecular complexity index is 629. The molecule has 0 radical (unpaired) electrons. The maximum absolute atomic E-state index is 13.9. The summed E-state index contributed by atoms with van der Waals surface area (Å²) in [5, 5.41) is 0. The fraction of sp³-hybridized carbons (Fsp3) is 0.417. The van der Waals surface area contributed by atoms with Gasteiger partial charge in [0.1, 0.15) is 16.8 Å². The average molecular weight is 318 g/mol. The first kappa shape index (κ1) is 15.7. The van der Waals surface area contributed by atoms with Crippen LogP contribution in [-0.4, -0.2) is 51.6 Å². The number of morpholine rings is 1. The average Bonchev–Trinajstić information content (AvgIpc) is 2.46. The topological polar surface area (TPSA) is 98.9 Å². The van der Waals surface area contributed by atoms with E-state index in [1.807, 2.05) is 0 Å². The molecule has 7 nitrogen and oxygen atoms in total. The Labute approximate surface area is 121 Å². The van der Waals surface area contributed by atoms with Crippen LogP contribution in [0.25, 0.3) is 0 Å². The summed E-state index contributed by atoms with van der Waals surface area (Å²) in [7, 11) is -3.14. The molecule has 1 aliphatic heterocycles. The van der Waals surface area contributed by atoms with E-state index >= 15 is 0 Å². The van der Waals surface area contributed by atoms with Crippen LogP contribution in [0.3, 0.4) is 0 Å². The van der Waals surface area contributed by atoms with Gasteiger partial charge in [0, 0.05) is 6.54 Å². The van der Waals surface area contributed by atoms with E-state index in [0.717, 1.165) is 17.5 Å². The molecule has 0 amide bonds. The van der Waals surface area contributed by atoms with E-state index in [4.69, 9.17) is 10.5 Å². The molecule has 1 aliphatic rings. The Morgan fingerprint density at radius 1 is 1.52 bits per heavy atom. The molecule has 1 heterocycles. The molecule has 0 aromatic heterocycles. The van der Waals surface area contributed by atoms with Gasteiger partial charge >= 0.3 is 5.97 Å². The first-order chi connectivity index (χ1) is 9.89. The van der Waals surface area contributed by atoms with Crippen molar-refractivity contribution in [2.75, 3.05) is 32.6 Å². The van der Waals surface area contributed by atoms with Crippen LogP contribution in [-0.2, 0) is 24.3 Å². The Hall–Kier alpha value is -1.71. The molecule has 0 bridgehead atoms. The third-order valence-corrected chi connectivity index (χ3v) is 5.12. The molecule has 1 aromatic carbocycles. The second kappa shape index (κ2) is 5.96. The lowest BCUT2D eigenvalue weighted by atomic mass is 10.3. The van der Waals surface area contributed by atoms with E-state index in [-0.39, 0.29) is 25.4 Å². The Kier molecular flexibility index (Phi) is 4.45. The number of esters is 1. The number of carbonyl (C=O) groups excluding carboxylic acids is 1. The van der Waals surface area contributed by atoms with Gasteiger partial charge in [0.2, 0.25) is 10.0 Å². The molecule has 9 heteroatoms. The number of hydrogen-bond acceptors (Lipinski definition) is 6. The monoisotopic (exact) mass is 318 g/mol. The maximum Gasteiger partial charge on any atom is 0.326 e. The summed E-state index contributed by atoms with van der Waals surface area (Å²) < 4.78 is 49.6. The van der Waals surface area contributed by atoms with E-state index in [9.17, 15) is 17.6 Å². The molecular weight excluding hydrogens is 303 g/mol. The van der Waals surface area contributed by atoms with E-state index in [1.54, 1.807) is 0 Å². The molecule has 21 heavy (non-hydrogen) atoms. The van der Waals surface area contributed by atoms with Crippen LogP contribution >= 0.6 is 0 Å². The van der Waals surface area contributed by atoms with Crippen molar-refractivity contribution in [2.24, 2.45) is 0 Å². The lowest BCUT2D eigenvalue weighted by molar-refractivity contribution is -0.149. The van der Waals surface area contributed by atoms with Gasteiger partial charge in [-0.05, 0) is 12.1 Å². The number of benzene rings is 1. The van der Waals surface area contributed by atoms with Crippen LogP contribution in [0.5, 0.6) is 0 Å². The van der Waals surface area contributed by atoms with Gasteiger partial charge in [-0.15, -0.1) is 0 Å². The second-order valence-corrected chi connectivity index (χ2v) is 6.22. The fourth-order valence-corrected chi connectivity index (χ4v) is 3.82. The normalized spacial score (nSPS) is 20.2. The highest BCUT2D eigenvalue weighted by molar-refractivity contribution is 7.89. The van der Waals surface area contributed by atoms with Crippen molar-refractivity contribution in [3.8, 4) is 0 Å². The highest BCUT2D eigenvalue weighted by Crippen LogP contribution is 2.28. The number of sulfonamides is 1. The third kappa shape index (κ3) is 2.85. The Balaban J connectivity index is 2.48. The predicted octanol–water partition coefficient (Wildman–Crippen LogP) is -0.0296. The molecule has 2 N–H and O–H groups in total. The van der Waals surface area contributed by atoms with E-state index in [2.05, 4.69) is 4.74 Å². The first-order valence-corrected chi connectivity index (χ1v) is 7.55. The SMILES string of the molecule is COC(=O)C1COCCN1S(=O)(=O)c1c(N)cccc1F. The van der Waals surface area contributed by atoms with Gasteiger partial charge in [-0.2, -0.15) is 4.31 Å². The molecule has 1 fully saturated rings. The van der Waals surface area contributed by atoms with Gasteiger partial charge in [0.05, 0.1) is 26.0 Å². The zero-order valence-corrected chi connectivity index (χ0v) is 12.1. The number of hydrogen-bond donors (Lipinski definition) is 1. The first-order valence-electron chi connectivity index (χ1n) is 6.11. The summed E-state index contributed by atoms with van der Waals surface area (Å²) >= 11 is 0.